The Morgan fingerprint density at radius 3 is 2.58 bits per heavy atom. The second kappa shape index (κ2) is 6.82. The van der Waals surface area contributed by atoms with Crippen LogP contribution >= 0.6 is 38.6 Å². The van der Waals surface area contributed by atoms with E-state index in [4.69, 9.17) is 4.98 Å². The van der Waals surface area contributed by atoms with E-state index in [9.17, 15) is 4.79 Å². The fourth-order valence-electron chi connectivity index (χ4n) is 2.78. The van der Waals surface area contributed by atoms with Gasteiger partial charge in [-0.2, -0.15) is 0 Å². The number of carbonyl (C=O) groups is 1. The highest BCUT2D eigenvalue weighted by atomic mass is 79.9. The Balaban J connectivity index is 1.51. The molecule has 1 fully saturated rings. The maximum absolute atomic E-state index is 12.4. The van der Waals surface area contributed by atoms with Gasteiger partial charge >= 0.3 is 0 Å². The number of thiazole rings is 1. The van der Waals surface area contributed by atoms with E-state index in [0.29, 0.717) is 4.88 Å². The molecule has 1 saturated heterocycles. The van der Waals surface area contributed by atoms with Crippen molar-refractivity contribution in [3.8, 4) is 0 Å². The molecule has 0 bridgehead atoms. The van der Waals surface area contributed by atoms with Crippen LogP contribution in [0.1, 0.15) is 28.9 Å². The van der Waals surface area contributed by atoms with E-state index in [1.54, 1.807) is 11.3 Å². The monoisotopic (exact) mass is 421 g/mol. The first kappa shape index (κ1) is 16.1. The molecule has 0 atom stereocenters. The third-order valence-electron chi connectivity index (χ3n) is 4.03. The van der Waals surface area contributed by atoms with Crippen molar-refractivity contribution in [1.29, 1.82) is 0 Å². The van der Waals surface area contributed by atoms with Gasteiger partial charge in [-0.3, -0.25) is 4.79 Å². The summed E-state index contributed by atoms with van der Waals surface area (Å²) < 4.78 is 2.11. The molecule has 0 unspecified atom stereocenters. The maximum Gasteiger partial charge on any atom is 0.265 e. The van der Waals surface area contributed by atoms with E-state index in [1.165, 1.54) is 30.6 Å². The van der Waals surface area contributed by atoms with E-state index >= 15 is 0 Å². The van der Waals surface area contributed by atoms with Gasteiger partial charge in [0.1, 0.15) is 4.01 Å². The lowest BCUT2D eigenvalue weighted by molar-refractivity contribution is 0.103. The number of nitrogens with zero attached hydrogens (tertiary/aromatic N) is 2. The summed E-state index contributed by atoms with van der Waals surface area (Å²) in [4.78, 5) is 20.2. The highest BCUT2D eigenvalue weighted by molar-refractivity contribution is 9.10. The van der Waals surface area contributed by atoms with E-state index in [0.717, 1.165) is 37.9 Å². The zero-order valence-corrected chi connectivity index (χ0v) is 16.1. The van der Waals surface area contributed by atoms with Crippen LogP contribution in [0, 0.1) is 0 Å². The van der Waals surface area contributed by atoms with Crippen LogP contribution in [-0.4, -0.2) is 24.0 Å². The van der Waals surface area contributed by atoms with E-state index in [-0.39, 0.29) is 5.91 Å². The Bertz CT molecular complexity index is 834. The van der Waals surface area contributed by atoms with Crippen LogP contribution in [0.2, 0.25) is 0 Å². The summed E-state index contributed by atoms with van der Waals surface area (Å²) in [5.74, 6) is -0.0768. The van der Waals surface area contributed by atoms with Gasteiger partial charge in [0.25, 0.3) is 5.91 Å². The van der Waals surface area contributed by atoms with Gasteiger partial charge in [-0.1, -0.05) is 27.3 Å². The van der Waals surface area contributed by atoms with Gasteiger partial charge in [-0.15, -0.1) is 11.3 Å². The van der Waals surface area contributed by atoms with Gasteiger partial charge < -0.3 is 10.2 Å². The molecule has 0 saturated carbocycles. The minimum Gasteiger partial charge on any atom is -0.348 e. The molecule has 0 spiro atoms. The Kier molecular flexibility index (Phi) is 4.56. The van der Waals surface area contributed by atoms with Crippen LogP contribution in [0.25, 0.3) is 9.53 Å². The summed E-state index contributed by atoms with van der Waals surface area (Å²) >= 11 is 6.61. The standard InChI is InChI=1S/C17H16BrN3OS2/c18-11-4-6-12(7-5-11)19-15(22)14-10-13-16(23-14)24-17(20-13)21-8-2-1-3-9-21/h4-7,10H,1-3,8-9H2,(H,19,22). The van der Waals surface area contributed by atoms with Crippen LogP contribution in [-0.2, 0) is 0 Å². The van der Waals surface area contributed by atoms with Gasteiger partial charge in [0.15, 0.2) is 5.13 Å². The lowest BCUT2D eigenvalue weighted by atomic mass is 10.1. The van der Waals surface area contributed by atoms with E-state index in [2.05, 4.69) is 26.1 Å². The molecule has 3 aromatic rings. The van der Waals surface area contributed by atoms with Crippen molar-refractivity contribution >= 4 is 64.9 Å². The topological polar surface area (TPSA) is 45.2 Å². The molecule has 4 nitrogen and oxygen atoms in total. The molecule has 1 aliphatic heterocycles. The molecule has 1 amide bonds. The number of benzene rings is 1. The highest BCUT2D eigenvalue weighted by Crippen LogP contribution is 2.36. The smallest absolute Gasteiger partial charge is 0.265 e. The molecule has 0 aliphatic carbocycles. The number of piperidine rings is 1. The number of amides is 1. The predicted molar refractivity (Wildman–Crippen MR) is 106 cm³/mol. The Labute approximate surface area is 156 Å². The molecule has 1 aliphatic rings. The Hall–Kier alpha value is -1.44. The van der Waals surface area contributed by atoms with Crippen LogP contribution in [0.3, 0.4) is 0 Å². The van der Waals surface area contributed by atoms with Crippen molar-refractivity contribution < 1.29 is 4.79 Å². The second-order valence-corrected chi connectivity index (χ2v) is 8.99. The zero-order chi connectivity index (χ0) is 16.5. The number of thiophene rings is 1. The number of aromatic nitrogens is 1. The number of anilines is 2. The molecule has 0 radical (unpaired) electrons. The van der Waals surface area contributed by atoms with Crippen LogP contribution in [0.4, 0.5) is 10.8 Å². The SMILES string of the molecule is O=C(Nc1ccc(Br)cc1)c1cc2nc(N3CCCCC3)sc2s1. The number of carbonyl (C=O) groups excluding carboxylic acids is 1. The number of halogens is 1. The van der Waals surface area contributed by atoms with E-state index < -0.39 is 0 Å². The lowest BCUT2D eigenvalue weighted by Gasteiger charge is -2.25. The van der Waals surface area contributed by atoms with Gasteiger partial charge in [0.2, 0.25) is 0 Å². The number of fused-ring (bicyclic) bond motifs is 1. The third kappa shape index (κ3) is 3.34. The summed E-state index contributed by atoms with van der Waals surface area (Å²) in [7, 11) is 0. The lowest BCUT2D eigenvalue weighted by Crippen LogP contribution is -2.29. The highest BCUT2D eigenvalue weighted by Gasteiger charge is 2.18. The molecule has 2 aromatic heterocycles. The molecule has 1 N–H and O–H groups in total. The van der Waals surface area contributed by atoms with Crippen LogP contribution in [0.5, 0.6) is 0 Å². The van der Waals surface area contributed by atoms with Crippen molar-refractivity contribution in [2.24, 2.45) is 0 Å². The molecule has 24 heavy (non-hydrogen) atoms. The molecule has 3 heterocycles. The Morgan fingerprint density at radius 1 is 1.12 bits per heavy atom. The first-order valence-electron chi connectivity index (χ1n) is 7.91. The Morgan fingerprint density at radius 2 is 1.88 bits per heavy atom. The molecule has 7 heteroatoms. The molecule has 4 rings (SSSR count). The zero-order valence-electron chi connectivity index (χ0n) is 12.9. The number of hydrogen-bond donors (Lipinski definition) is 1. The molecular formula is C17H16BrN3OS2. The summed E-state index contributed by atoms with van der Waals surface area (Å²) in [6.07, 6.45) is 3.80. The number of hydrogen-bond acceptors (Lipinski definition) is 5. The summed E-state index contributed by atoms with van der Waals surface area (Å²) in [6.45, 7) is 2.19. The molecule has 1 aromatic carbocycles. The van der Waals surface area contributed by atoms with Crippen molar-refractivity contribution in [2.75, 3.05) is 23.3 Å². The van der Waals surface area contributed by atoms with Crippen LogP contribution in [0.15, 0.2) is 34.8 Å². The number of nitrogens with one attached hydrogen (secondary N) is 1. The van der Waals surface area contributed by atoms with Crippen molar-refractivity contribution in [3.05, 3.63) is 39.7 Å². The quantitative estimate of drug-likeness (QED) is 0.618. The van der Waals surface area contributed by atoms with Crippen molar-refractivity contribution in [2.45, 2.75) is 19.3 Å². The van der Waals surface area contributed by atoms with Crippen molar-refractivity contribution in [3.63, 3.8) is 0 Å². The average Bonchev–Trinajstić information content (AvgIpc) is 3.17. The largest absolute Gasteiger partial charge is 0.348 e. The maximum atomic E-state index is 12.4. The normalized spacial score (nSPS) is 15.0. The van der Waals surface area contributed by atoms with Gasteiger partial charge in [-0.25, -0.2) is 4.98 Å². The molecular weight excluding hydrogens is 406 g/mol. The first-order valence-corrected chi connectivity index (χ1v) is 10.3. The summed E-state index contributed by atoms with van der Waals surface area (Å²) in [5, 5.41) is 4.02. The summed E-state index contributed by atoms with van der Waals surface area (Å²) in [5.41, 5.74) is 1.73. The van der Waals surface area contributed by atoms with Gasteiger partial charge in [-0.05, 0) is 49.6 Å². The molecule has 124 valence electrons. The fourth-order valence-corrected chi connectivity index (χ4v) is 5.26. The number of rotatable bonds is 3. The first-order chi connectivity index (χ1) is 11.7. The van der Waals surface area contributed by atoms with E-state index in [1.807, 2.05) is 30.3 Å². The summed E-state index contributed by atoms with van der Waals surface area (Å²) in [6, 6.07) is 9.48. The van der Waals surface area contributed by atoms with Crippen molar-refractivity contribution in [1.82, 2.24) is 4.98 Å². The third-order valence-corrected chi connectivity index (χ3v) is 6.91. The van der Waals surface area contributed by atoms with Gasteiger partial charge in [0, 0.05) is 23.2 Å². The van der Waals surface area contributed by atoms with Crippen LogP contribution < -0.4 is 10.2 Å². The minimum absolute atomic E-state index is 0.0768. The fraction of sp³-hybridized carbons (Fsp3) is 0.294. The predicted octanol–water partition coefficient (Wildman–Crippen LogP) is 5.36. The second-order valence-electron chi connectivity index (χ2n) is 5.79. The van der Waals surface area contributed by atoms with Gasteiger partial charge in [0.05, 0.1) is 10.4 Å². The minimum atomic E-state index is -0.0768. The average molecular weight is 422 g/mol.